The topological polar surface area (TPSA) is 37.2 Å². The minimum absolute atomic E-state index is 0.113. The first kappa shape index (κ1) is 21.0. The number of hydrazone groups is 1. The van der Waals surface area contributed by atoms with Crippen LogP contribution in [0.5, 0.6) is 5.75 Å². The van der Waals surface area contributed by atoms with E-state index in [1.807, 2.05) is 12.1 Å². The second-order valence-corrected chi connectivity index (χ2v) is 9.58. The molecule has 0 fully saturated rings. The average Bonchev–Trinajstić information content (AvgIpc) is 3.57. The molecular weight excluding hydrogens is 438 g/mol. The summed E-state index contributed by atoms with van der Waals surface area (Å²) in [7, 11) is 1.69. The molecule has 2 unspecified atom stereocenters. The molecule has 0 saturated heterocycles. The first-order chi connectivity index (χ1) is 16.8. The van der Waals surface area contributed by atoms with Crippen molar-refractivity contribution in [2.24, 2.45) is 10.1 Å². The average molecular weight is 464 g/mol. The van der Waals surface area contributed by atoms with E-state index in [0.717, 1.165) is 34.4 Å². The molecular formula is C29H25N3OS. The molecule has 6 rings (SSSR count). The van der Waals surface area contributed by atoms with Gasteiger partial charge < -0.3 is 4.74 Å². The summed E-state index contributed by atoms with van der Waals surface area (Å²) in [5.41, 5.74) is 4.72. The summed E-state index contributed by atoms with van der Waals surface area (Å²) in [5, 5.41) is 10.8. The number of rotatable bonds is 4. The summed E-state index contributed by atoms with van der Waals surface area (Å²) < 4.78 is 5.35. The van der Waals surface area contributed by atoms with Crippen molar-refractivity contribution >= 4 is 33.4 Å². The molecule has 0 radical (unpaired) electrons. The molecule has 2 aliphatic heterocycles. The van der Waals surface area contributed by atoms with Gasteiger partial charge in [0.05, 0.1) is 24.9 Å². The number of methoxy groups -OCH3 is 1. The van der Waals surface area contributed by atoms with Gasteiger partial charge in [0.1, 0.15) is 5.75 Å². The Labute approximate surface area is 204 Å². The lowest BCUT2D eigenvalue weighted by Crippen LogP contribution is -2.23. The molecule has 0 saturated carbocycles. The smallest absolute Gasteiger partial charge is 0.181 e. The van der Waals surface area contributed by atoms with Gasteiger partial charge in [-0.15, -0.1) is 0 Å². The van der Waals surface area contributed by atoms with Crippen LogP contribution in [-0.2, 0) is 0 Å². The van der Waals surface area contributed by atoms with Crippen molar-refractivity contribution in [3.05, 3.63) is 114 Å². The number of benzene rings is 4. The summed E-state index contributed by atoms with van der Waals surface area (Å²) in [4.78, 5) is 5.11. The lowest BCUT2D eigenvalue weighted by atomic mass is 9.96. The van der Waals surface area contributed by atoms with Crippen LogP contribution in [-0.4, -0.2) is 28.8 Å². The third kappa shape index (κ3) is 3.97. The van der Waals surface area contributed by atoms with E-state index in [1.165, 1.54) is 21.9 Å². The Morgan fingerprint density at radius 2 is 1.59 bits per heavy atom. The van der Waals surface area contributed by atoms with Crippen LogP contribution in [0.15, 0.2) is 107 Å². The maximum atomic E-state index is 5.35. The number of hydrogen-bond donors (Lipinski definition) is 0. The van der Waals surface area contributed by atoms with Crippen molar-refractivity contribution in [2.45, 2.75) is 18.5 Å². The summed E-state index contributed by atoms with van der Waals surface area (Å²) >= 11 is 1.80. The van der Waals surface area contributed by atoms with Gasteiger partial charge in [-0.3, -0.25) is 4.99 Å². The van der Waals surface area contributed by atoms with Crippen LogP contribution >= 0.6 is 11.8 Å². The summed E-state index contributed by atoms with van der Waals surface area (Å²) in [5.74, 6) is 1.79. The predicted octanol–water partition coefficient (Wildman–Crippen LogP) is 6.84. The van der Waals surface area contributed by atoms with E-state index >= 15 is 0 Å². The first-order valence-corrected chi connectivity index (χ1v) is 12.5. The van der Waals surface area contributed by atoms with Crippen LogP contribution < -0.4 is 4.74 Å². The molecule has 0 aliphatic carbocycles. The van der Waals surface area contributed by atoms with Crippen LogP contribution in [0, 0.1) is 0 Å². The number of ether oxygens (including phenoxy) is 1. The number of hydrogen-bond acceptors (Lipinski definition) is 5. The molecule has 4 aromatic carbocycles. The van der Waals surface area contributed by atoms with Crippen LogP contribution in [0.3, 0.4) is 0 Å². The molecule has 0 N–H and O–H groups in total. The molecule has 4 aromatic rings. The van der Waals surface area contributed by atoms with E-state index in [1.54, 1.807) is 18.9 Å². The highest BCUT2D eigenvalue weighted by Crippen LogP contribution is 2.40. The van der Waals surface area contributed by atoms with Gasteiger partial charge in [-0.2, -0.15) is 5.10 Å². The zero-order valence-corrected chi connectivity index (χ0v) is 19.8. The predicted molar refractivity (Wildman–Crippen MR) is 142 cm³/mol. The maximum Gasteiger partial charge on any atom is 0.181 e. The van der Waals surface area contributed by atoms with Crippen molar-refractivity contribution < 1.29 is 4.74 Å². The van der Waals surface area contributed by atoms with E-state index in [-0.39, 0.29) is 12.1 Å². The summed E-state index contributed by atoms with van der Waals surface area (Å²) in [6, 6.07) is 34.3. The van der Waals surface area contributed by atoms with Crippen LogP contribution in [0.1, 0.15) is 35.2 Å². The van der Waals surface area contributed by atoms with Gasteiger partial charge >= 0.3 is 0 Å². The number of thioether (sulfide) groups is 1. The Bertz CT molecular complexity index is 1380. The zero-order valence-electron chi connectivity index (χ0n) is 19.0. The van der Waals surface area contributed by atoms with Crippen molar-refractivity contribution in [2.75, 3.05) is 12.9 Å². The molecule has 34 heavy (non-hydrogen) atoms. The lowest BCUT2D eigenvalue weighted by Gasteiger charge is -2.23. The van der Waals surface area contributed by atoms with Gasteiger partial charge in [-0.1, -0.05) is 78.5 Å². The Morgan fingerprint density at radius 3 is 2.38 bits per heavy atom. The summed E-state index contributed by atoms with van der Waals surface area (Å²) in [6.45, 7) is 0. The molecule has 0 amide bonds. The second-order valence-electron chi connectivity index (χ2n) is 8.60. The van der Waals surface area contributed by atoms with Gasteiger partial charge in [-0.05, 0) is 57.8 Å². The Kier molecular flexibility index (Phi) is 5.55. The van der Waals surface area contributed by atoms with Crippen molar-refractivity contribution in [1.82, 2.24) is 5.01 Å². The quantitative estimate of drug-likeness (QED) is 0.332. The summed E-state index contributed by atoms with van der Waals surface area (Å²) in [6.07, 6.45) is 0.834. The molecule has 2 heterocycles. The molecule has 0 bridgehead atoms. The largest absolute Gasteiger partial charge is 0.497 e. The number of aliphatic imine (C=N–C) groups is 1. The Morgan fingerprint density at radius 1 is 0.824 bits per heavy atom. The standard InChI is InChI=1S/C29H25N3OS/c1-33-25-15-13-22(14-16-25)26-18-28(24-12-11-20-7-5-6-10-23(20)17-24)32(31-26)29-30-27(19-34-29)21-8-3-2-4-9-21/h2-17,27-28H,18-19H2,1H3. The van der Waals surface area contributed by atoms with E-state index < -0.39 is 0 Å². The van der Waals surface area contributed by atoms with E-state index in [2.05, 4.69) is 89.9 Å². The molecule has 168 valence electrons. The third-order valence-electron chi connectivity index (χ3n) is 6.51. The first-order valence-electron chi connectivity index (χ1n) is 11.5. The SMILES string of the molecule is COc1ccc(C2=NN(C3=NC(c4ccccc4)CS3)C(c3ccc4ccccc4c3)C2)cc1. The fraction of sp³-hybridized carbons (Fsp3) is 0.172. The van der Waals surface area contributed by atoms with Gasteiger partial charge in [0, 0.05) is 12.2 Å². The highest BCUT2D eigenvalue weighted by molar-refractivity contribution is 8.14. The van der Waals surface area contributed by atoms with E-state index in [0.29, 0.717) is 0 Å². The van der Waals surface area contributed by atoms with Crippen molar-refractivity contribution in [3.63, 3.8) is 0 Å². The molecule has 2 aliphatic rings. The Balaban J connectivity index is 1.38. The highest BCUT2D eigenvalue weighted by Gasteiger charge is 2.35. The van der Waals surface area contributed by atoms with E-state index in [9.17, 15) is 0 Å². The molecule has 2 atom stereocenters. The normalized spacial score (nSPS) is 19.9. The number of fused-ring (bicyclic) bond motifs is 1. The van der Waals surface area contributed by atoms with Crippen LogP contribution in [0.2, 0.25) is 0 Å². The van der Waals surface area contributed by atoms with E-state index in [4.69, 9.17) is 14.8 Å². The monoisotopic (exact) mass is 463 g/mol. The fourth-order valence-corrected chi connectivity index (χ4v) is 5.73. The number of nitrogens with zero attached hydrogens (tertiary/aromatic N) is 3. The Hall–Kier alpha value is -3.57. The third-order valence-corrected chi connectivity index (χ3v) is 7.54. The highest BCUT2D eigenvalue weighted by atomic mass is 32.2. The zero-order chi connectivity index (χ0) is 22.9. The van der Waals surface area contributed by atoms with Gasteiger partial charge in [-0.25, -0.2) is 5.01 Å². The molecule has 0 spiro atoms. The maximum absolute atomic E-state index is 5.35. The van der Waals surface area contributed by atoms with Gasteiger partial charge in [0.2, 0.25) is 0 Å². The van der Waals surface area contributed by atoms with Crippen LogP contribution in [0.25, 0.3) is 10.8 Å². The van der Waals surface area contributed by atoms with Crippen molar-refractivity contribution in [1.29, 1.82) is 0 Å². The molecule has 5 heteroatoms. The van der Waals surface area contributed by atoms with Crippen molar-refractivity contribution in [3.8, 4) is 5.75 Å². The molecule has 0 aromatic heterocycles. The minimum atomic E-state index is 0.113. The minimum Gasteiger partial charge on any atom is -0.497 e. The lowest BCUT2D eigenvalue weighted by molar-refractivity contribution is 0.376. The van der Waals surface area contributed by atoms with Gasteiger partial charge in [0.25, 0.3) is 0 Å². The molecule has 4 nitrogen and oxygen atoms in total. The van der Waals surface area contributed by atoms with Crippen LogP contribution in [0.4, 0.5) is 0 Å². The fourth-order valence-electron chi connectivity index (χ4n) is 4.65. The number of amidine groups is 1. The van der Waals surface area contributed by atoms with Gasteiger partial charge in [0.15, 0.2) is 5.17 Å². The second kappa shape index (κ2) is 8.99.